The Bertz CT molecular complexity index is 1590. The minimum atomic E-state index is -0.355. The molecule has 7 nitrogen and oxygen atoms in total. The fourth-order valence-electron chi connectivity index (χ4n) is 7.89. The summed E-state index contributed by atoms with van der Waals surface area (Å²) in [4.78, 5) is 43.1. The predicted molar refractivity (Wildman–Crippen MR) is 174 cm³/mol. The number of likely N-dealkylation sites (tertiary alicyclic amines) is 2. The topological polar surface area (TPSA) is 71.8 Å². The number of aromatic nitrogens is 1. The summed E-state index contributed by atoms with van der Waals surface area (Å²) in [6, 6.07) is 14.6. The number of benzene rings is 2. The van der Waals surface area contributed by atoms with E-state index in [1.807, 2.05) is 41.8 Å². The van der Waals surface area contributed by atoms with Crippen LogP contribution in [0.5, 0.6) is 0 Å². The molecule has 3 fully saturated rings. The molecule has 2 saturated heterocycles. The van der Waals surface area contributed by atoms with Crippen molar-refractivity contribution in [3.05, 3.63) is 64.7 Å². The van der Waals surface area contributed by atoms with Crippen molar-refractivity contribution in [1.29, 1.82) is 0 Å². The van der Waals surface area contributed by atoms with Crippen LogP contribution in [-0.2, 0) is 20.9 Å². The summed E-state index contributed by atoms with van der Waals surface area (Å²) < 4.78 is 7.37. The maximum Gasteiger partial charge on any atom is 0.337 e. The molecule has 1 aromatic heterocycles. The Morgan fingerprint density at radius 2 is 1.64 bits per heavy atom. The molecule has 1 aliphatic carbocycles. The van der Waals surface area contributed by atoms with Gasteiger partial charge in [-0.15, -0.1) is 0 Å². The molecule has 3 aliphatic heterocycles. The van der Waals surface area contributed by atoms with E-state index >= 15 is 0 Å². The van der Waals surface area contributed by atoms with E-state index in [-0.39, 0.29) is 23.8 Å². The third kappa shape index (κ3) is 5.46. The van der Waals surface area contributed by atoms with Gasteiger partial charge in [-0.3, -0.25) is 9.59 Å². The lowest BCUT2D eigenvalue weighted by Gasteiger charge is -2.37. The molecule has 0 bridgehead atoms. The van der Waals surface area contributed by atoms with Crippen molar-refractivity contribution in [2.45, 2.75) is 90.1 Å². The highest BCUT2D eigenvalue weighted by molar-refractivity contribution is 6.03. The Kier molecular flexibility index (Phi) is 8.92. The number of hydrogen-bond donors (Lipinski definition) is 0. The molecular formula is C37H45N3O4. The number of carbonyl (C=O) groups is 3. The fourth-order valence-corrected chi connectivity index (χ4v) is 7.89. The highest BCUT2D eigenvalue weighted by Gasteiger charge is 2.34. The zero-order valence-electron chi connectivity index (χ0n) is 26.4. The summed E-state index contributed by atoms with van der Waals surface area (Å²) in [5.74, 6) is 0.412. The van der Waals surface area contributed by atoms with Crippen LogP contribution in [0.4, 0.5) is 0 Å². The van der Waals surface area contributed by atoms with E-state index < -0.39 is 0 Å². The first kappa shape index (κ1) is 30.2. The number of fused-ring (bicyclic) bond motifs is 5. The lowest BCUT2D eigenvalue weighted by molar-refractivity contribution is -0.132. The van der Waals surface area contributed by atoms with Gasteiger partial charge in [0.25, 0.3) is 5.91 Å². The van der Waals surface area contributed by atoms with Crippen LogP contribution >= 0.6 is 0 Å². The largest absolute Gasteiger partial charge is 0.465 e. The number of ether oxygens (including phenoxy) is 1. The van der Waals surface area contributed by atoms with Crippen molar-refractivity contribution in [3.63, 3.8) is 0 Å². The smallest absolute Gasteiger partial charge is 0.337 e. The molecule has 0 radical (unpaired) electrons. The van der Waals surface area contributed by atoms with E-state index in [4.69, 9.17) is 4.74 Å². The van der Waals surface area contributed by atoms with Crippen LogP contribution in [0.3, 0.4) is 0 Å². The molecule has 2 aromatic carbocycles. The molecule has 7 heteroatoms. The van der Waals surface area contributed by atoms with Gasteiger partial charge in [-0.2, -0.15) is 0 Å². The molecule has 3 aromatic rings. The second-order valence-electron chi connectivity index (χ2n) is 12.4. The normalized spacial score (nSPS) is 19.1. The lowest BCUT2D eigenvalue weighted by Crippen LogP contribution is -2.47. The van der Waals surface area contributed by atoms with Crippen LogP contribution in [0, 0.1) is 0 Å². The highest BCUT2D eigenvalue weighted by atomic mass is 16.5. The first-order valence-electron chi connectivity index (χ1n) is 16.7. The van der Waals surface area contributed by atoms with Crippen LogP contribution < -0.4 is 0 Å². The average molecular weight is 596 g/mol. The SMILES string of the molecule is CC.COC(=O)c1ccc2c(C3CCCCC3)c3n(c2c1)CC(C(=O)N1CCC(N2CCCC2=O)CC1)=Cc1ccccc1-3. The van der Waals surface area contributed by atoms with Crippen LogP contribution in [0.25, 0.3) is 28.2 Å². The van der Waals surface area contributed by atoms with Crippen molar-refractivity contribution in [1.82, 2.24) is 14.4 Å². The molecule has 232 valence electrons. The molecule has 4 heterocycles. The third-order valence-electron chi connectivity index (χ3n) is 9.99. The lowest BCUT2D eigenvalue weighted by atomic mass is 9.81. The number of piperidine rings is 1. The molecule has 0 atom stereocenters. The standard InChI is InChI=1S/C35H39N3O4.C2H6/c1-42-35(41)25-13-14-29-30(21-25)38-22-26(34(40)36-18-15-27(16-19-36)37-17-7-12-31(37)39)20-24-10-5-6-11-28(24)33(38)32(29)23-8-3-2-4-9-23;1-2/h5-6,10-11,13-14,20-21,23,27H,2-4,7-9,12,15-19,22H2,1H3;1-2H3. The van der Waals surface area contributed by atoms with Gasteiger partial charge < -0.3 is 19.1 Å². The number of methoxy groups -OCH3 is 1. The van der Waals surface area contributed by atoms with Gasteiger partial charge in [0.05, 0.1) is 24.9 Å². The summed E-state index contributed by atoms with van der Waals surface area (Å²) in [5.41, 5.74) is 7.00. The summed E-state index contributed by atoms with van der Waals surface area (Å²) in [7, 11) is 1.41. The average Bonchev–Trinajstić information content (AvgIpc) is 3.60. The summed E-state index contributed by atoms with van der Waals surface area (Å²) in [6.07, 6.45) is 11.4. The third-order valence-corrected chi connectivity index (χ3v) is 9.99. The Morgan fingerprint density at radius 3 is 2.34 bits per heavy atom. The number of amides is 2. The molecule has 7 rings (SSSR count). The first-order valence-corrected chi connectivity index (χ1v) is 16.7. The van der Waals surface area contributed by atoms with E-state index in [0.29, 0.717) is 37.5 Å². The van der Waals surface area contributed by atoms with Crippen molar-refractivity contribution in [2.24, 2.45) is 0 Å². The van der Waals surface area contributed by atoms with Crippen molar-refractivity contribution in [2.75, 3.05) is 26.7 Å². The van der Waals surface area contributed by atoms with Crippen LogP contribution in [0.15, 0.2) is 48.0 Å². The maximum absolute atomic E-state index is 14.2. The number of nitrogens with zero attached hydrogens (tertiary/aromatic N) is 3. The Morgan fingerprint density at radius 1 is 0.886 bits per heavy atom. The Labute approximate surface area is 260 Å². The molecular weight excluding hydrogens is 550 g/mol. The van der Waals surface area contributed by atoms with Crippen molar-refractivity contribution < 1.29 is 19.1 Å². The quantitative estimate of drug-likeness (QED) is 0.300. The second kappa shape index (κ2) is 13.0. The molecule has 44 heavy (non-hydrogen) atoms. The Balaban J connectivity index is 0.00000168. The van der Waals surface area contributed by atoms with E-state index in [0.717, 1.165) is 60.9 Å². The summed E-state index contributed by atoms with van der Waals surface area (Å²) in [5, 5.41) is 1.17. The number of rotatable bonds is 4. The molecule has 0 unspecified atom stereocenters. The van der Waals surface area contributed by atoms with E-state index in [1.54, 1.807) is 0 Å². The van der Waals surface area contributed by atoms with Gasteiger partial charge in [0.15, 0.2) is 0 Å². The molecule has 1 saturated carbocycles. The summed E-state index contributed by atoms with van der Waals surface area (Å²) >= 11 is 0. The Hall–Kier alpha value is -3.87. The predicted octanol–water partition coefficient (Wildman–Crippen LogP) is 7.18. The first-order chi connectivity index (χ1) is 21.5. The van der Waals surface area contributed by atoms with Gasteiger partial charge in [0, 0.05) is 54.1 Å². The number of carbonyl (C=O) groups excluding carboxylic acids is 3. The van der Waals surface area contributed by atoms with Crippen molar-refractivity contribution in [3.8, 4) is 11.3 Å². The zero-order chi connectivity index (χ0) is 30.8. The zero-order valence-corrected chi connectivity index (χ0v) is 26.4. The maximum atomic E-state index is 14.2. The number of esters is 1. The van der Waals surface area contributed by atoms with Crippen LogP contribution in [0.1, 0.15) is 99.0 Å². The van der Waals surface area contributed by atoms with E-state index in [1.165, 1.54) is 43.0 Å². The highest BCUT2D eigenvalue weighted by Crippen LogP contribution is 2.46. The molecule has 4 aliphatic rings. The second-order valence-corrected chi connectivity index (χ2v) is 12.4. The van der Waals surface area contributed by atoms with Crippen LogP contribution in [-0.4, -0.2) is 64.9 Å². The van der Waals surface area contributed by atoms with Gasteiger partial charge in [-0.1, -0.05) is 63.4 Å². The van der Waals surface area contributed by atoms with Gasteiger partial charge in [0.2, 0.25) is 5.91 Å². The van der Waals surface area contributed by atoms with Gasteiger partial charge in [-0.05, 0) is 67.4 Å². The molecule has 2 amide bonds. The fraction of sp³-hybridized carbons (Fsp3) is 0.486. The molecule has 0 N–H and O–H groups in total. The van der Waals surface area contributed by atoms with E-state index in [2.05, 4.69) is 34.9 Å². The minimum Gasteiger partial charge on any atom is -0.465 e. The monoisotopic (exact) mass is 595 g/mol. The number of hydrogen-bond acceptors (Lipinski definition) is 4. The van der Waals surface area contributed by atoms with Crippen molar-refractivity contribution >= 4 is 34.8 Å². The summed E-state index contributed by atoms with van der Waals surface area (Å²) in [6.45, 7) is 6.61. The van der Waals surface area contributed by atoms with Gasteiger partial charge >= 0.3 is 5.97 Å². The van der Waals surface area contributed by atoms with Crippen LogP contribution in [0.2, 0.25) is 0 Å². The minimum absolute atomic E-state index is 0.0639. The molecule has 0 spiro atoms. The van der Waals surface area contributed by atoms with Gasteiger partial charge in [0.1, 0.15) is 0 Å². The van der Waals surface area contributed by atoms with Gasteiger partial charge in [-0.25, -0.2) is 4.79 Å². The van der Waals surface area contributed by atoms with E-state index in [9.17, 15) is 14.4 Å².